The summed E-state index contributed by atoms with van der Waals surface area (Å²) in [6.45, 7) is 2.38. The van der Waals surface area contributed by atoms with Gasteiger partial charge < -0.3 is 29.7 Å². The first-order chi connectivity index (χ1) is 22.4. The number of sulfone groups is 1. The number of hydrogen-bond acceptors (Lipinski definition) is 9. The third kappa shape index (κ3) is 10.4. The van der Waals surface area contributed by atoms with E-state index >= 15 is 0 Å². The molecule has 1 aliphatic heterocycles. The number of esters is 1. The first-order valence-corrected chi connectivity index (χ1v) is 17.9. The number of benzene rings is 2. The van der Waals surface area contributed by atoms with E-state index in [0.717, 1.165) is 24.7 Å². The zero-order valence-electron chi connectivity index (χ0n) is 27.3. The van der Waals surface area contributed by atoms with Crippen molar-refractivity contribution in [2.75, 3.05) is 52.8 Å². The van der Waals surface area contributed by atoms with E-state index in [1.165, 1.54) is 19.2 Å². The molecule has 0 spiro atoms. The number of carbonyl (C=O) groups excluding carboxylic acids is 4. The predicted octanol–water partition coefficient (Wildman–Crippen LogP) is 2.47. The van der Waals surface area contributed by atoms with Gasteiger partial charge in [-0.25, -0.2) is 8.42 Å². The molecule has 1 atom stereocenters. The monoisotopic (exact) mass is 671 g/mol. The molecule has 0 radical (unpaired) electrons. The van der Waals surface area contributed by atoms with Crippen molar-refractivity contribution in [2.45, 2.75) is 56.8 Å². The van der Waals surface area contributed by atoms with Crippen LogP contribution in [0.15, 0.2) is 47.4 Å². The Kier molecular flexibility index (Phi) is 12.3. The van der Waals surface area contributed by atoms with Crippen LogP contribution in [0, 0.1) is 11.3 Å². The normalized spacial score (nSPS) is 20.1. The van der Waals surface area contributed by atoms with Crippen LogP contribution >= 0.6 is 0 Å². The van der Waals surface area contributed by atoms with Gasteiger partial charge >= 0.3 is 5.97 Å². The molecule has 13 heteroatoms. The van der Waals surface area contributed by atoms with Gasteiger partial charge in [0, 0.05) is 38.9 Å². The van der Waals surface area contributed by atoms with Crippen molar-refractivity contribution < 1.29 is 41.8 Å². The smallest absolute Gasteiger partial charge is 0.314 e. The van der Waals surface area contributed by atoms with Crippen LogP contribution in [-0.2, 0) is 46.6 Å². The molecule has 2 aliphatic rings. The predicted molar refractivity (Wildman–Crippen MR) is 174 cm³/mol. The van der Waals surface area contributed by atoms with Gasteiger partial charge in [0.1, 0.15) is 0 Å². The van der Waals surface area contributed by atoms with Gasteiger partial charge in [0.15, 0.2) is 27.9 Å². The van der Waals surface area contributed by atoms with Crippen LogP contribution in [0.2, 0.25) is 0 Å². The van der Waals surface area contributed by atoms with E-state index in [1.807, 2.05) is 6.07 Å². The summed E-state index contributed by atoms with van der Waals surface area (Å²) in [6, 6.07) is 11.5. The summed E-state index contributed by atoms with van der Waals surface area (Å²) in [5.74, 6) is -0.121. The maximum absolute atomic E-state index is 13.6. The van der Waals surface area contributed by atoms with E-state index in [4.69, 9.17) is 14.2 Å². The van der Waals surface area contributed by atoms with Crippen molar-refractivity contribution in [3.8, 4) is 11.5 Å². The lowest BCUT2D eigenvalue weighted by Gasteiger charge is -2.32. The summed E-state index contributed by atoms with van der Waals surface area (Å²) in [7, 11) is -1.87. The molecule has 1 heterocycles. The van der Waals surface area contributed by atoms with Gasteiger partial charge in [-0.15, -0.1) is 0 Å². The molecular formula is C34H45N3O9S. The Morgan fingerprint density at radius 3 is 2.45 bits per heavy atom. The molecule has 1 fully saturated rings. The second kappa shape index (κ2) is 16.1. The van der Waals surface area contributed by atoms with Crippen LogP contribution in [0.3, 0.4) is 0 Å². The molecule has 2 aromatic carbocycles. The van der Waals surface area contributed by atoms with Crippen LogP contribution in [0.1, 0.15) is 50.2 Å². The van der Waals surface area contributed by atoms with Gasteiger partial charge in [-0.2, -0.15) is 0 Å². The summed E-state index contributed by atoms with van der Waals surface area (Å²) in [6.07, 6.45) is 4.49. The van der Waals surface area contributed by atoms with Crippen molar-refractivity contribution >= 4 is 33.5 Å². The van der Waals surface area contributed by atoms with Crippen molar-refractivity contribution in [3.63, 3.8) is 0 Å². The standard InChI is InChI=1S/C34H45N3O9S/c1-4-45-33(41)34(20-25-7-8-25)21-26-11-14-28(44-2)29(18-26)46-22-31(39)35-15-17-37(16-5-6-30(38)36-23-34)32(40)19-24-9-12-27(13-10-24)47(3,42)43/h9-14,18,25H,4-8,15-17,19-23H2,1-3H3,(H,35,39)(H,36,38). The average Bonchev–Trinajstić information content (AvgIpc) is 3.85. The highest BCUT2D eigenvalue weighted by atomic mass is 32.2. The number of nitrogens with one attached hydrogen (secondary N) is 2. The first-order valence-electron chi connectivity index (χ1n) is 16.0. The fourth-order valence-electron chi connectivity index (χ4n) is 5.74. The second-order valence-corrected chi connectivity index (χ2v) is 14.3. The van der Waals surface area contributed by atoms with E-state index in [1.54, 1.807) is 36.1 Å². The molecule has 2 N–H and O–H groups in total. The Balaban J connectivity index is 1.55. The van der Waals surface area contributed by atoms with Crippen molar-refractivity contribution in [1.29, 1.82) is 0 Å². The Hall–Kier alpha value is -4.13. The molecule has 0 saturated heterocycles. The van der Waals surface area contributed by atoms with Crippen LogP contribution in [0.4, 0.5) is 0 Å². The molecule has 0 aromatic heterocycles. The minimum atomic E-state index is -3.37. The lowest BCUT2D eigenvalue weighted by Crippen LogP contribution is -2.46. The fraction of sp³-hybridized carbons (Fsp3) is 0.529. The molecule has 1 saturated carbocycles. The number of nitrogens with zero attached hydrogens (tertiary/aromatic N) is 1. The Bertz CT molecular complexity index is 1540. The summed E-state index contributed by atoms with van der Waals surface area (Å²) in [5, 5.41) is 5.76. The molecule has 47 heavy (non-hydrogen) atoms. The summed E-state index contributed by atoms with van der Waals surface area (Å²) >= 11 is 0. The van der Waals surface area contributed by atoms with Crippen molar-refractivity contribution in [1.82, 2.24) is 15.5 Å². The zero-order valence-corrected chi connectivity index (χ0v) is 28.2. The quantitative estimate of drug-likeness (QED) is 0.403. The molecular weight excluding hydrogens is 626 g/mol. The van der Waals surface area contributed by atoms with Gasteiger partial charge in [0.05, 0.1) is 30.4 Å². The summed E-state index contributed by atoms with van der Waals surface area (Å²) in [4.78, 5) is 54.5. The van der Waals surface area contributed by atoms with Crippen LogP contribution in [0.25, 0.3) is 0 Å². The van der Waals surface area contributed by atoms with Gasteiger partial charge in [0.25, 0.3) is 5.91 Å². The third-order valence-corrected chi connectivity index (χ3v) is 9.56. The topological polar surface area (TPSA) is 157 Å². The lowest BCUT2D eigenvalue weighted by atomic mass is 9.76. The van der Waals surface area contributed by atoms with Gasteiger partial charge in [-0.05, 0) is 67.5 Å². The van der Waals surface area contributed by atoms with Crippen LogP contribution in [0.5, 0.6) is 11.5 Å². The highest BCUT2D eigenvalue weighted by Crippen LogP contribution is 2.43. The lowest BCUT2D eigenvalue weighted by molar-refractivity contribution is -0.156. The van der Waals surface area contributed by atoms with Gasteiger partial charge in [-0.3, -0.25) is 19.2 Å². The van der Waals surface area contributed by atoms with E-state index in [0.29, 0.717) is 42.2 Å². The number of methoxy groups -OCH3 is 1. The molecule has 2 bridgehead atoms. The second-order valence-electron chi connectivity index (χ2n) is 12.3. The number of amides is 3. The largest absolute Gasteiger partial charge is 0.493 e. The van der Waals surface area contributed by atoms with E-state index in [2.05, 4.69) is 10.6 Å². The van der Waals surface area contributed by atoms with Crippen molar-refractivity contribution in [3.05, 3.63) is 53.6 Å². The molecule has 4 rings (SSSR count). The number of carbonyl (C=O) groups is 4. The van der Waals surface area contributed by atoms with E-state index in [-0.39, 0.29) is 74.9 Å². The van der Waals surface area contributed by atoms with Gasteiger partial charge in [-0.1, -0.05) is 31.0 Å². The third-order valence-electron chi connectivity index (χ3n) is 8.43. The van der Waals surface area contributed by atoms with E-state index in [9.17, 15) is 27.6 Å². The average molecular weight is 672 g/mol. The maximum atomic E-state index is 13.6. The Labute approximate surface area is 276 Å². The Morgan fingerprint density at radius 2 is 1.79 bits per heavy atom. The minimum absolute atomic E-state index is 0.0205. The SMILES string of the molecule is CCOC(=O)C1(CC2CC2)CNC(=O)CCCN(C(=O)Cc2ccc(S(C)(=O)=O)cc2)CCNC(=O)COc2cc(ccc2OC)C1. The Morgan fingerprint density at radius 1 is 1.04 bits per heavy atom. The van der Waals surface area contributed by atoms with Gasteiger partial charge in [0.2, 0.25) is 11.8 Å². The van der Waals surface area contributed by atoms with Crippen LogP contribution in [-0.4, -0.2) is 89.8 Å². The highest BCUT2D eigenvalue weighted by Gasteiger charge is 2.44. The zero-order chi connectivity index (χ0) is 34.0. The van der Waals surface area contributed by atoms with E-state index < -0.39 is 21.2 Å². The summed E-state index contributed by atoms with van der Waals surface area (Å²) < 4.78 is 40.5. The number of hydrogen-bond donors (Lipinski definition) is 2. The van der Waals surface area contributed by atoms with Crippen LogP contribution < -0.4 is 20.1 Å². The molecule has 3 amide bonds. The maximum Gasteiger partial charge on any atom is 0.314 e. The number of fused-ring (bicyclic) bond motifs is 2. The first kappa shape index (κ1) is 35.7. The molecule has 1 aliphatic carbocycles. The molecule has 1 unspecified atom stereocenters. The number of ether oxygens (including phenoxy) is 3. The summed E-state index contributed by atoms with van der Waals surface area (Å²) in [5.41, 5.74) is 0.417. The minimum Gasteiger partial charge on any atom is -0.493 e. The molecule has 12 nitrogen and oxygen atoms in total. The highest BCUT2D eigenvalue weighted by molar-refractivity contribution is 7.90. The fourth-order valence-corrected chi connectivity index (χ4v) is 6.37. The molecule has 2 aromatic rings. The van der Waals surface area contributed by atoms with Crippen molar-refractivity contribution in [2.24, 2.45) is 11.3 Å². The number of rotatable bonds is 8. The molecule has 256 valence electrons.